The molecule has 0 saturated heterocycles. The maximum Gasteiger partial charge on any atom is 0.208 e. The molecule has 0 radical (unpaired) electrons. The van der Waals surface area contributed by atoms with Gasteiger partial charge in [-0.25, -0.2) is 15.0 Å². The van der Waals surface area contributed by atoms with Crippen molar-refractivity contribution in [3.05, 3.63) is 66.5 Å². The number of hydrogen-bond acceptors (Lipinski definition) is 11. The van der Waals surface area contributed by atoms with Crippen molar-refractivity contribution >= 4 is 46.7 Å². The first-order valence-corrected chi connectivity index (χ1v) is 11.2. The number of halogens is 1. The van der Waals surface area contributed by atoms with Crippen LogP contribution in [0.25, 0.3) is 0 Å². The largest absolute Gasteiger partial charge is 0.452 e. The molecule has 4 aromatic heterocycles. The van der Waals surface area contributed by atoms with Gasteiger partial charge < -0.3 is 20.3 Å². The molecule has 0 saturated carbocycles. The molecule has 0 fully saturated rings. The minimum absolute atomic E-state index is 0. The zero-order valence-corrected chi connectivity index (χ0v) is 20.1. The van der Waals surface area contributed by atoms with E-state index >= 15 is 0 Å². The molecule has 4 aromatic rings. The number of aromatic nitrogens is 5. The summed E-state index contributed by atoms with van der Waals surface area (Å²) >= 11 is 2.50. The van der Waals surface area contributed by atoms with Crippen molar-refractivity contribution in [3.63, 3.8) is 0 Å². The molecule has 3 N–H and O–H groups in total. The highest BCUT2D eigenvalue weighted by Gasteiger charge is 2.27. The van der Waals surface area contributed by atoms with Crippen LogP contribution in [0.5, 0.6) is 11.5 Å². The Morgan fingerprint density at radius 3 is 2.67 bits per heavy atom. The van der Waals surface area contributed by atoms with Crippen molar-refractivity contribution in [2.24, 2.45) is 0 Å². The van der Waals surface area contributed by atoms with E-state index in [1.807, 2.05) is 37.3 Å². The lowest BCUT2D eigenvalue weighted by atomic mass is 10.1. The normalized spacial score (nSPS) is 12.5. The number of anilines is 2. The van der Waals surface area contributed by atoms with Crippen LogP contribution in [0.4, 0.5) is 10.9 Å². The third-order valence-corrected chi connectivity index (χ3v) is 5.85. The first-order chi connectivity index (χ1) is 15.4. The number of aliphatic hydroxyl groups is 2. The second kappa shape index (κ2) is 10.9. The fourth-order valence-electron chi connectivity index (χ4n) is 2.54. The van der Waals surface area contributed by atoms with Crippen LogP contribution in [0.3, 0.4) is 0 Å². The highest BCUT2D eigenvalue weighted by molar-refractivity contribution is 7.99. The highest BCUT2D eigenvalue weighted by Crippen LogP contribution is 2.36. The summed E-state index contributed by atoms with van der Waals surface area (Å²) in [5.41, 5.74) is -0.794. The van der Waals surface area contributed by atoms with Gasteiger partial charge in [0.1, 0.15) is 16.4 Å². The number of aliphatic hydroxyl groups excluding tert-OH is 1. The number of rotatable bonds is 8. The molecule has 0 aromatic carbocycles. The van der Waals surface area contributed by atoms with Crippen molar-refractivity contribution in [1.29, 1.82) is 0 Å². The van der Waals surface area contributed by atoms with Crippen molar-refractivity contribution in [1.82, 2.24) is 24.3 Å². The van der Waals surface area contributed by atoms with E-state index in [1.54, 1.807) is 24.7 Å². The van der Waals surface area contributed by atoms with Gasteiger partial charge in [-0.15, -0.1) is 12.4 Å². The molecular weight excluding hydrogens is 484 g/mol. The van der Waals surface area contributed by atoms with E-state index in [1.165, 1.54) is 18.7 Å². The average molecular weight is 505 g/mol. The van der Waals surface area contributed by atoms with Crippen molar-refractivity contribution < 1.29 is 14.9 Å². The Balaban J connectivity index is 0.00000306. The maximum absolute atomic E-state index is 10.2. The molecule has 172 valence electrons. The van der Waals surface area contributed by atoms with E-state index in [0.29, 0.717) is 22.4 Å². The highest BCUT2D eigenvalue weighted by atomic mass is 35.5. The van der Waals surface area contributed by atoms with Crippen LogP contribution in [0.1, 0.15) is 18.4 Å². The minimum Gasteiger partial charge on any atom is -0.452 e. The summed E-state index contributed by atoms with van der Waals surface area (Å²) < 4.78 is 10.3. The van der Waals surface area contributed by atoms with Crippen LogP contribution in [-0.2, 0) is 5.60 Å². The van der Waals surface area contributed by atoms with Crippen molar-refractivity contribution in [3.8, 4) is 11.5 Å². The van der Waals surface area contributed by atoms with E-state index < -0.39 is 12.2 Å². The lowest BCUT2D eigenvalue weighted by Crippen LogP contribution is -2.27. The van der Waals surface area contributed by atoms with Gasteiger partial charge in [0.2, 0.25) is 5.13 Å². The first kappa shape index (κ1) is 24.8. The Bertz CT molecular complexity index is 1210. The summed E-state index contributed by atoms with van der Waals surface area (Å²) in [6.07, 6.45) is 5.13. The number of aryl methyl sites for hydroxylation is 1. The summed E-state index contributed by atoms with van der Waals surface area (Å²) in [4.78, 5) is 18.2. The minimum atomic E-state index is -1.53. The van der Waals surface area contributed by atoms with E-state index in [2.05, 4.69) is 29.6 Å². The molecule has 0 bridgehead atoms. The molecule has 0 aliphatic rings. The van der Waals surface area contributed by atoms with E-state index in [-0.39, 0.29) is 18.2 Å². The number of hydrogen-bond donors (Lipinski definition) is 3. The van der Waals surface area contributed by atoms with Crippen LogP contribution >= 0.6 is 35.7 Å². The van der Waals surface area contributed by atoms with Crippen molar-refractivity contribution in [2.75, 3.05) is 11.9 Å². The van der Waals surface area contributed by atoms with Gasteiger partial charge in [0.15, 0.2) is 17.4 Å². The Hall–Kier alpha value is -2.83. The Kier molecular flexibility index (Phi) is 8.16. The Labute approximate surface area is 204 Å². The molecule has 4 rings (SSSR count). The fourth-order valence-corrected chi connectivity index (χ4v) is 4.00. The van der Waals surface area contributed by atoms with Crippen molar-refractivity contribution in [2.45, 2.75) is 29.4 Å². The van der Waals surface area contributed by atoms with Gasteiger partial charge >= 0.3 is 0 Å². The van der Waals surface area contributed by atoms with Gasteiger partial charge in [-0.05, 0) is 38.1 Å². The smallest absolute Gasteiger partial charge is 0.208 e. The Morgan fingerprint density at radius 2 is 1.94 bits per heavy atom. The molecule has 0 spiro atoms. The second-order valence-corrected chi connectivity index (χ2v) is 8.80. The molecule has 1 unspecified atom stereocenters. The molecule has 33 heavy (non-hydrogen) atoms. The molecule has 1 atom stereocenters. The third-order valence-electron chi connectivity index (χ3n) is 4.31. The summed E-state index contributed by atoms with van der Waals surface area (Å²) in [5, 5.41) is 23.8. The summed E-state index contributed by atoms with van der Waals surface area (Å²) in [7, 11) is 0. The third kappa shape index (κ3) is 6.15. The fraction of sp³-hybridized carbons (Fsp3) is 0.190. The molecule has 0 aliphatic heterocycles. The van der Waals surface area contributed by atoms with Gasteiger partial charge in [-0.3, -0.25) is 4.98 Å². The molecular formula is C21H21ClN6O3S2. The maximum atomic E-state index is 10.2. The van der Waals surface area contributed by atoms with E-state index in [4.69, 9.17) is 4.74 Å². The first-order valence-electron chi connectivity index (χ1n) is 9.57. The zero-order valence-electron chi connectivity index (χ0n) is 17.7. The number of pyridine rings is 3. The number of ether oxygens (including phenoxy) is 1. The lowest BCUT2D eigenvalue weighted by Gasteiger charge is -2.15. The van der Waals surface area contributed by atoms with Gasteiger partial charge in [0, 0.05) is 41.1 Å². The van der Waals surface area contributed by atoms with Crippen LogP contribution in [0.2, 0.25) is 0 Å². The number of nitrogens with zero attached hydrogens (tertiary/aromatic N) is 5. The van der Waals surface area contributed by atoms with Crippen LogP contribution in [0.15, 0.2) is 64.9 Å². The zero-order chi connectivity index (χ0) is 22.6. The number of nitrogens with one attached hydrogen (secondary N) is 1. The van der Waals surface area contributed by atoms with Gasteiger partial charge in [-0.1, -0.05) is 17.8 Å². The van der Waals surface area contributed by atoms with E-state index in [0.717, 1.165) is 27.1 Å². The average Bonchev–Trinajstić information content (AvgIpc) is 3.27. The summed E-state index contributed by atoms with van der Waals surface area (Å²) in [6, 6.07) is 11.2. The van der Waals surface area contributed by atoms with Gasteiger partial charge in [-0.2, -0.15) is 4.37 Å². The van der Waals surface area contributed by atoms with Crippen LogP contribution in [-0.4, -0.2) is 41.1 Å². The predicted octanol–water partition coefficient (Wildman–Crippen LogP) is 4.34. The Morgan fingerprint density at radius 1 is 1.12 bits per heavy atom. The van der Waals surface area contributed by atoms with Crippen LogP contribution < -0.4 is 10.1 Å². The molecule has 0 aliphatic carbocycles. The SMILES string of the molecule is Cc1ncccc1Oc1cc(Sc2ccccn2)cnc1Nc1nc(C(C)(O)CO)ns1.Cl. The molecule has 9 nitrogen and oxygen atoms in total. The predicted molar refractivity (Wildman–Crippen MR) is 129 cm³/mol. The quantitative estimate of drug-likeness (QED) is 0.319. The summed E-state index contributed by atoms with van der Waals surface area (Å²) in [6.45, 7) is 2.81. The monoisotopic (exact) mass is 504 g/mol. The molecule has 0 amide bonds. The second-order valence-electron chi connectivity index (χ2n) is 6.96. The summed E-state index contributed by atoms with van der Waals surface area (Å²) in [5.74, 6) is 1.61. The van der Waals surface area contributed by atoms with Gasteiger partial charge in [0.25, 0.3) is 0 Å². The van der Waals surface area contributed by atoms with E-state index in [9.17, 15) is 10.2 Å². The standard InChI is InChI=1S/C21H20N6O3S2.ClH/c1-13-15(6-5-9-22-13)30-16-10-14(31-17-7-3-4-8-23-17)11-24-18(16)25-20-26-19(27-32-20)21(2,29)12-28;/h3-11,28-29H,12H2,1-2H3,(H,24,25,26,27);1H. The van der Waals surface area contributed by atoms with Crippen LogP contribution in [0, 0.1) is 6.92 Å². The topological polar surface area (TPSA) is 126 Å². The van der Waals surface area contributed by atoms with Gasteiger partial charge in [0.05, 0.1) is 12.3 Å². The molecule has 12 heteroatoms. The lowest BCUT2D eigenvalue weighted by molar-refractivity contribution is -0.00865. The molecule has 4 heterocycles.